The highest BCUT2D eigenvalue weighted by Gasteiger charge is 2.47. The third-order valence-corrected chi connectivity index (χ3v) is 3.43. The molecule has 0 saturated heterocycles. The van der Waals surface area contributed by atoms with Gasteiger partial charge in [0.15, 0.2) is 11.2 Å². The van der Waals surface area contributed by atoms with Crippen molar-refractivity contribution >= 4 is 17.7 Å². The molecule has 5 nitrogen and oxygen atoms in total. The van der Waals surface area contributed by atoms with Crippen molar-refractivity contribution in [2.75, 3.05) is 13.2 Å². The van der Waals surface area contributed by atoms with Crippen molar-refractivity contribution in [3.05, 3.63) is 23.8 Å². The maximum Gasteiger partial charge on any atom is 0.324 e. The summed E-state index contributed by atoms with van der Waals surface area (Å²) in [7, 11) is 0. The van der Waals surface area contributed by atoms with Gasteiger partial charge in [0, 0.05) is 0 Å². The van der Waals surface area contributed by atoms with Gasteiger partial charge in [-0.05, 0) is 52.5 Å². The summed E-state index contributed by atoms with van der Waals surface area (Å²) in [6.45, 7) is 5.18. The molecule has 1 aliphatic rings. The van der Waals surface area contributed by atoms with Crippen molar-refractivity contribution < 1.29 is 23.9 Å². The van der Waals surface area contributed by atoms with Gasteiger partial charge in [-0.2, -0.15) is 0 Å². The molecule has 0 N–H and O–H groups in total. The van der Waals surface area contributed by atoms with Gasteiger partial charge in [-0.1, -0.05) is 17.7 Å². The zero-order valence-corrected chi connectivity index (χ0v) is 13.5. The SMILES string of the molecule is CCOC(=O)C(CC=C1CC1)(C/C=C\C(C)=O)C(=O)OCC. The van der Waals surface area contributed by atoms with Crippen LogP contribution < -0.4 is 0 Å². The van der Waals surface area contributed by atoms with Crippen LogP contribution in [0.4, 0.5) is 0 Å². The Labute approximate surface area is 131 Å². The predicted molar refractivity (Wildman–Crippen MR) is 82.1 cm³/mol. The first-order valence-corrected chi connectivity index (χ1v) is 7.65. The Hall–Kier alpha value is -1.91. The molecule has 0 atom stereocenters. The quantitative estimate of drug-likeness (QED) is 0.283. The summed E-state index contributed by atoms with van der Waals surface area (Å²) in [5, 5.41) is 0. The van der Waals surface area contributed by atoms with Crippen LogP contribution in [0.25, 0.3) is 0 Å². The molecule has 0 amide bonds. The molecule has 1 rings (SSSR count). The van der Waals surface area contributed by atoms with Crippen molar-refractivity contribution in [1.29, 1.82) is 0 Å². The molecule has 22 heavy (non-hydrogen) atoms. The van der Waals surface area contributed by atoms with Gasteiger partial charge in [-0.25, -0.2) is 0 Å². The highest BCUT2D eigenvalue weighted by molar-refractivity contribution is 6.00. The van der Waals surface area contributed by atoms with Gasteiger partial charge in [0.05, 0.1) is 13.2 Å². The highest BCUT2D eigenvalue weighted by atomic mass is 16.6. The number of hydrogen-bond donors (Lipinski definition) is 0. The number of ketones is 1. The summed E-state index contributed by atoms with van der Waals surface area (Å²) in [6, 6.07) is 0. The van der Waals surface area contributed by atoms with Crippen LogP contribution in [0, 0.1) is 5.41 Å². The molecule has 122 valence electrons. The molecule has 1 aliphatic carbocycles. The van der Waals surface area contributed by atoms with Gasteiger partial charge in [0.1, 0.15) is 0 Å². The van der Waals surface area contributed by atoms with Gasteiger partial charge < -0.3 is 9.47 Å². The van der Waals surface area contributed by atoms with Gasteiger partial charge in [-0.3, -0.25) is 14.4 Å². The first-order chi connectivity index (χ1) is 10.5. The van der Waals surface area contributed by atoms with E-state index in [1.165, 1.54) is 18.6 Å². The molecule has 0 aromatic heterocycles. The van der Waals surface area contributed by atoms with Crippen LogP contribution in [0.1, 0.15) is 46.5 Å². The maximum absolute atomic E-state index is 12.4. The molecule has 1 fully saturated rings. The fraction of sp³-hybridized carbons (Fsp3) is 0.588. The minimum Gasteiger partial charge on any atom is -0.465 e. The normalized spacial score (nSPS) is 13.9. The summed E-state index contributed by atoms with van der Waals surface area (Å²) in [6.07, 6.45) is 7.15. The van der Waals surface area contributed by atoms with Gasteiger partial charge in [-0.15, -0.1) is 0 Å². The van der Waals surface area contributed by atoms with E-state index in [-0.39, 0.29) is 31.8 Å². The predicted octanol–water partition coefficient (Wildman–Crippen LogP) is 2.74. The second-order valence-electron chi connectivity index (χ2n) is 5.31. The Morgan fingerprint density at radius 3 is 2.00 bits per heavy atom. The Bertz CT molecular complexity index is 463. The number of ether oxygens (including phenoxy) is 2. The number of esters is 2. The minimum absolute atomic E-state index is 0.0913. The van der Waals surface area contributed by atoms with Crippen molar-refractivity contribution in [3.63, 3.8) is 0 Å². The fourth-order valence-corrected chi connectivity index (χ4v) is 2.06. The lowest BCUT2D eigenvalue weighted by Gasteiger charge is -2.27. The van der Waals surface area contributed by atoms with E-state index in [1.807, 2.05) is 6.08 Å². The number of hydrogen-bond acceptors (Lipinski definition) is 5. The maximum atomic E-state index is 12.4. The third-order valence-electron chi connectivity index (χ3n) is 3.43. The number of allylic oxidation sites excluding steroid dienone is 4. The highest BCUT2D eigenvalue weighted by Crippen LogP contribution is 2.36. The molecule has 0 aromatic rings. The largest absolute Gasteiger partial charge is 0.465 e. The van der Waals surface area contributed by atoms with Crippen LogP contribution >= 0.6 is 0 Å². The second kappa shape index (κ2) is 8.51. The summed E-state index contributed by atoms with van der Waals surface area (Å²) in [5.41, 5.74) is -0.179. The molecule has 0 bridgehead atoms. The van der Waals surface area contributed by atoms with Crippen LogP contribution in [0.2, 0.25) is 0 Å². The molecule has 0 spiro atoms. The van der Waals surface area contributed by atoms with Crippen LogP contribution in [0.15, 0.2) is 23.8 Å². The molecule has 0 heterocycles. The van der Waals surface area contributed by atoms with Gasteiger partial charge in [0.25, 0.3) is 0 Å². The zero-order valence-electron chi connectivity index (χ0n) is 13.5. The van der Waals surface area contributed by atoms with Crippen LogP contribution in [-0.4, -0.2) is 30.9 Å². The average molecular weight is 308 g/mol. The average Bonchev–Trinajstić information content (AvgIpc) is 3.27. The van der Waals surface area contributed by atoms with Crippen LogP contribution in [0.5, 0.6) is 0 Å². The number of rotatable bonds is 9. The summed E-state index contributed by atoms with van der Waals surface area (Å²) in [5.74, 6) is -1.33. The van der Waals surface area contributed by atoms with Gasteiger partial charge in [0.2, 0.25) is 0 Å². The molecule has 1 saturated carbocycles. The summed E-state index contributed by atoms with van der Waals surface area (Å²) in [4.78, 5) is 35.9. The first kappa shape index (κ1) is 18.1. The molecule has 0 unspecified atom stereocenters. The second-order valence-corrected chi connectivity index (χ2v) is 5.31. The number of carbonyl (C=O) groups is 3. The third kappa shape index (κ3) is 5.13. The van der Waals surface area contributed by atoms with Gasteiger partial charge >= 0.3 is 11.9 Å². The summed E-state index contributed by atoms with van der Waals surface area (Å²) >= 11 is 0. The topological polar surface area (TPSA) is 69.7 Å². The Morgan fingerprint density at radius 2 is 1.59 bits per heavy atom. The van der Waals surface area contributed by atoms with E-state index in [1.54, 1.807) is 19.9 Å². The molecular formula is C17H24O5. The zero-order chi connectivity index (χ0) is 16.6. The Kier molecular flexibility index (Phi) is 7.02. The van der Waals surface area contributed by atoms with Crippen molar-refractivity contribution in [2.45, 2.75) is 46.5 Å². The summed E-state index contributed by atoms with van der Waals surface area (Å²) < 4.78 is 10.2. The van der Waals surface area contributed by atoms with Crippen LogP contribution in [-0.2, 0) is 23.9 Å². The molecule has 0 aliphatic heterocycles. The smallest absolute Gasteiger partial charge is 0.324 e. The van der Waals surface area contributed by atoms with E-state index in [2.05, 4.69) is 0 Å². The Morgan fingerprint density at radius 1 is 1.05 bits per heavy atom. The van der Waals surface area contributed by atoms with E-state index in [4.69, 9.17) is 9.47 Å². The fourth-order valence-electron chi connectivity index (χ4n) is 2.06. The van der Waals surface area contributed by atoms with Crippen molar-refractivity contribution in [2.24, 2.45) is 5.41 Å². The standard InChI is InChI=1S/C17H24O5/c1-4-21-15(19)17(16(20)22-5-2,11-6-7-13(3)18)12-10-14-8-9-14/h6-7,10H,4-5,8-9,11-12H2,1-3H3/b7-6-. The lowest BCUT2D eigenvalue weighted by molar-refractivity contribution is -0.171. The van der Waals surface area contributed by atoms with Crippen molar-refractivity contribution in [3.8, 4) is 0 Å². The molecule has 5 heteroatoms. The molecule has 0 radical (unpaired) electrons. The van der Waals surface area contributed by atoms with E-state index in [0.717, 1.165) is 12.8 Å². The monoisotopic (exact) mass is 308 g/mol. The molecular weight excluding hydrogens is 284 g/mol. The Balaban J connectivity index is 3.07. The van der Waals surface area contributed by atoms with Crippen LogP contribution in [0.3, 0.4) is 0 Å². The first-order valence-electron chi connectivity index (χ1n) is 7.65. The molecule has 0 aromatic carbocycles. The van der Waals surface area contributed by atoms with Crippen molar-refractivity contribution in [1.82, 2.24) is 0 Å². The number of carbonyl (C=O) groups excluding carboxylic acids is 3. The van der Waals surface area contributed by atoms with E-state index in [0.29, 0.717) is 0 Å². The lowest BCUT2D eigenvalue weighted by Crippen LogP contribution is -2.41. The van der Waals surface area contributed by atoms with E-state index in [9.17, 15) is 14.4 Å². The van der Waals surface area contributed by atoms with E-state index < -0.39 is 17.4 Å². The minimum atomic E-state index is -1.41. The lowest BCUT2D eigenvalue weighted by atomic mass is 9.80. The van der Waals surface area contributed by atoms with E-state index >= 15 is 0 Å².